The molecule has 0 aliphatic heterocycles. The Bertz CT molecular complexity index is 1030. The van der Waals surface area contributed by atoms with Gasteiger partial charge in [0.25, 0.3) is 0 Å². The maximum absolute atomic E-state index is 12.9. The topological polar surface area (TPSA) is 105 Å². The molecule has 0 fully saturated rings. The minimum atomic E-state index is -4.35. The smallest absolute Gasteiger partial charge is 0.387 e. The highest BCUT2D eigenvalue weighted by Gasteiger charge is 2.27. The van der Waals surface area contributed by atoms with Crippen LogP contribution in [0.1, 0.15) is 213 Å². The molecule has 0 aliphatic carbocycles. The average Bonchev–Trinajstić information content (AvgIpc) is 3.16. The van der Waals surface area contributed by atoms with Crippen molar-refractivity contribution in [2.24, 2.45) is 0 Å². The molecule has 3 atom stereocenters. The summed E-state index contributed by atoms with van der Waals surface area (Å²) in [5.41, 5.74) is 0. The number of likely N-dealkylation sites (N-methyl/N-ethyl adjacent to an activating group) is 1. The number of nitrogens with one attached hydrogen (secondary N) is 1. The second kappa shape index (κ2) is 40.1. The van der Waals surface area contributed by atoms with E-state index < -0.39 is 20.0 Å². The van der Waals surface area contributed by atoms with E-state index in [-0.39, 0.29) is 19.1 Å². The predicted molar refractivity (Wildman–Crippen MR) is 244 cm³/mol. The van der Waals surface area contributed by atoms with Crippen LogP contribution in [0.3, 0.4) is 0 Å². The molecule has 0 heterocycles. The Labute approximate surface area is 353 Å². The minimum Gasteiger partial charge on any atom is -0.387 e. The first kappa shape index (κ1) is 55.7. The van der Waals surface area contributed by atoms with E-state index in [1.807, 2.05) is 27.2 Å². The number of amides is 1. The number of allylic oxidation sites excluding steroid dienone is 5. The third-order valence-electron chi connectivity index (χ3n) is 10.6. The quantitative estimate of drug-likeness (QED) is 0.0245. The van der Waals surface area contributed by atoms with Crippen LogP contribution >= 0.6 is 7.82 Å². The highest BCUT2D eigenvalue weighted by Crippen LogP contribution is 2.43. The maximum atomic E-state index is 12.9. The van der Waals surface area contributed by atoms with Crippen LogP contribution in [0.5, 0.6) is 0 Å². The largest absolute Gasteiger partial charge is 0.472 e. The van der Waals surface area contributed by atoms with Gasteiger partial charge in [0, 0.05) is 6.42 Å². The van der Waals surface area contributed by atoms with Crippen LogP contribution in [-0.4, -0.2) is 73.4 Å². The van der Waals surface area contributed by atoms with Gasteiger partial charge in [0.15, 0.2) is 0 Å². The summed E-state index contributed by atoms with van der Waals surface area (Å²) >= 11 is 0. The number of phosphoric ester groups is 1. The number of carbonyl (C=O) groups is 1. The lowest BCUT2D eigenvalue weighted by atomic mass is 10.0. The predicted octanol–water partition coefficient (Wildman–Crippen LogP) is 13.5. The summed E-state index contributed by atoms with van der Waals surface area (Å²) in [7, 11) is 1.55. The number of aliphatic hydroxyl groups excluding tert-OH is 1. The highest BCUT2D eigenvalue weighted by molar-refractivity contribution is 7.47. The monoisotopic (exact) mass is 826 g/mol. The zero-order valence-corrected chi connectivity index (χ0v) is 39.0. The number of hydrogen-bond acceptors (Lipinski definition) is 5. The van der Waals surface area contributed by atoms with E-state index in [1.165, 1.54) is 141 Å². The zero-order chi connectivity index (χ0) is 42.1. The van der Waals surface area contributed by atoms with E-state index in [9.17, 15) is 19.4 Å². The third kappa shape index (κ3) is 42.6. The Morgan fingerprint density at radius 2 is 0.965 bits per heavy atom. The Kier molecular flexibility index (Phi) is 39.2. The number of aliphatic hydroxyl groups is 1. The summed E-state index contributed by atoms with van der Waals surface area (Å²) in [4.78, 5) is 23.1. The molecule has 0 aliphatic rings. The molecule has 0 bridgehead atoms. The number of rotatable bonds is 43. The molecular weight excluding hydrogens is 732 g/mol. The fourth-order valence-electron chi connectivity index (χ4n) is 6.77. The van der Waals surface area contributed by atoms with Gasteiger partial charge in [-0.25, -0.2) is 4.57 Å². The van der Waals surface area contributed by atoms with Crippen LogP contribution in [0.25, 0.3) is 0 Å². The van der Waals surface area contributed by atoms with Gasteiger partial charge in [-0.15, -0.1) is 0 Å². The summed E-state index contributed by atoms with van der Waals surface area (Å²) in [5, 5.41) is 13.8. The molecule has 0 radical (unpaired) electrons. The average molecular weight is 826 g/mol. The minimum absolute atomic E-state index is 0.0545. The first-order valence-corrected chi connectivity index (χ1v) is 25.4. The van der Waals surface area contributed by atoms with E-state index in [2.05, 4.69) is 43.5 Å². The number of phosphoric acid groups is 1. The molecule has 0 aromatic rings. The number of unbranched alkanes of at least 4 members (excludes halogenated alkanes) is 26. The summed E-state index contributed by atoms with van der Waals surface area (Å²) in [5.74, 6) is -0.190. The fraction of sp³-hybridized carbons (Fsp3) is 0.854. The van der Waals surface area contributed by atoms with Gasteiger partial charge in [-0.2, -0.15) is 0 Å². The van der Waals surface area contributed by atoms with Gasteiger partial charge in [-0.3, -0.25) is 13.8 Å². The van der Waals surface area contributed by atoms with Crippen LogP contribution in [0, 0.1) is 0 Å². The number of quaternary nitrogens is 1. The Hall–Kier alpha value is -1.28. The highest BCUT2D eigenvalue weighted by atomic mass is 31.2. The van der Waals surface area contributed by atoms with Crippen molar-refractivity contribution in [1.29, 1.82) is 0 Å². The molecule has 0 aromatic heterocycles. The van der Waals surface area contributed by atoms with Gasteiger partial charge in [-0.1, -0.05) is 204 Å². The van der Waals surface area contributed by atoms with E-state index in [0.717, 1.165) is 51.4 Å². The molecule has 3 N–H and O–H groups in total. The van der Waals surface area contributed by atoms with Crippen LogP contribution in [-0.2, 0) is 18.4 Å². The van der Waals surface area contributed by atoms with Crippen LogP contribution in [0.4, 0.5) is 0 Å². The van der Waals surface area contributed by atoms with Gasteiger partial charge in [0.05, 0.1) is 39.9 Å². The molecular formula is C48H94N2O6P+. The summed E-state index contributed by atoms with van der Waals surface area (Å²) in [6.45, 7) is 4.74. The van der Waals surface area contributed by atoms with Crippen molar-refractivity contribution in [2.45, 2.75) is 225 Å². The molecule has 57 heavy (non-hydrogen) atoms. The first-order valence-electron chi connectivity index (χ1n) is 23.9. The summed E-state index contributed by atoms with van der Waals surface area (Å²) < 4.78 is 23.5. The van der Waals surface area contributed by atoms with E-state index in [0.29, 0.717) is 17.4 Å². The van der Waals surface area contributed by atoms with Crippen molar-refractivity contribution in [2.75, 3.05) is 40.9 Å². The second-order valence-corrected chi connectivity index (χ2v) is 18.9. The van der Waals surface area contributed by atoms with Crippen molar-refractivity contribution < 1.29 is 32.9 Å². The number of nitrogens with zero attached hydrogens (tertiary/aromatic N) is 1. The fourth-order valence-corrected chi connectivity index (χ4v) is 7.50. The molecule has 3 unspecified atom stereocenters. The van der Waals surface area contributed by atoms with E-state index in [4.69, 9.17) is 9.05 Å². The van der Waals surface area contributed by atoms with Crippen LogP contribution in [0.15, 0.2) is 36.5 Å². The van der Waals surface area contributed by atoms with Crippen molar-refractivity contribution in [3.63, 3.8) is 0 Å². The Balaban J connectivity index is 4.25. The zero-order valence-electron chi connectivity index (χ0n) is 38.1. The van der Waals surface area contributed by atoms with Gasteiger partial charge in [-0.05, 0) is 38.5 Å². The molecule has 0 aromatic carbocycles. The molecule has 1 amide bonds. The first-order chi connectivity index (χ1) is 27.5. The number of carbonyl (C=O) groups excluding carboxylic acids is 1. The third-order valence-corrected chi connectivity index (χ3v) is 11.6. The molecule has 0 rings (SSSR count). The van der Waals surface area contributed by atoms with Crippen molar-refractivity contribution >= 4 is 13.7 Å². The van der Waals surface area contributed by atoms with Gasteiger partial charge < -0.3 is 19.8 Å². The van der Waals surface area contributed by atoms with Gasteiger partial charge in [0.2, 0.25) is 5.91 Å². The van der Waals surface area contributed by atoms with Gasteiger partial charge in [0.1, 0.15) is 13.2 Å². The summed E-state index contributed by atoms with van der Waals surface area (Å²) in [6.07, 6.45) is 49.5. The summed E-state index contributed by atoms with van der Waals surface area (Å²) in [6, 6.07) is -0.865. The van der Waals surface area contributed by atoms with Crippen LogP contribution < -0.4 is 5.32 Å². The SMILES string of the molecule is CCCC/C=C/CC/C=C/CC/C=C/C(O)C(COP(=O)(O)OCC[N+](C)(C)C)NC(=O)CCCCCCCCCCCCCCCCCCCCCCCCC. The van der Waals surface area contributed by atoms with Crippen molar-refractivity contribution in [3.05, 3.63) is 36.5 Å². The van der Waals surface area contributed by atoms with E-state index in [1.54, 1.807) is 6.08 Å². The lowest BCUT2D eigenvalue weighted by molar-refractivity contribution is -0.870. The van der Waals surface area contributed by atoms with E-state index >= 15 is 0 Å². The molecule has 336 valence electrons. The Morgan fingerprint density at radius 1 is 0.579 bits per heavy atom. The maximum Gasteiger partial charge on any atom is 0.472 e. The second-order valence-electron chi connectivity index (χ2n) is 17.5. The lowest BCUT2D eigenvalue weighted by Crippen LogP contribution is -2.45. The van der Waals surface area contributed by atoms with Gasteiger partial charge >= 0.3 is 7.82 Å². The molecule has 0 spiro atoms. The molecule has 0 saturated heterocycles. The lowest BCUT2D eigenvalue weighted by Gasteiger charge is -2.25. The van der Waals surface area contributed by atoms with Crippen molar-refractivity contribution in [1.82, 2.24) is 5.32 Å². The standard InChI is InChI=1S/C48H93N2O6P/c1-6-8-10-12-14-16-18-20-21-22-23-24-25-26-27-28-29-30-32-34-36-38-40-42-48(52)49-46(45-56-57(53,54)55-44-43-50(3,4)5)47(51)41-39-37-35-33-31-19-17-15-13-11-9-7-2/h13,15,31,33,39,41,46-47,51H,6-12,14,16-30,32,34-38,40,42-45H2,1-5H3,(H-,49,52,53,54)/p+1/b15-13+,33-31+,41-39+. The van der Waals surface area contributed by atoms with Crippen LogP contribution in [0.2, 0.25) is 0 Å². The molecule has 8 nitrogen and oxygen atoms in total. The molecule has 9 heteroatoms. The normalized spacial score (nSPS) is 14.6. The molecule has 0 saturated carbocycles. The van der Waals surface area contributed by atoms with Crippen molar-refractivity contribution in [3.8, 4) is 0 Å². The number of hydrogen-bond donors (Lipinski definition) is 3. The Morgan fingerprint density at radius 3 is 1.39 bits per heavy atom.